The molecule has 1 fully saturated rings. The van der Waals surface area contributed by atoms with Crippen molar-refractivity contribution in [3.05, 3.63) is 53.1 Å². The van der Waals surface area contributed by atoms with Crippen molar-refractivity contribution in [2.24, 2.45) is 5.73 Å². The van der Waals surface area contributed by atoms with Gasteiger partial charge in [-0.1, -0.05) is 12.1 Å². The Bertz CT molecular complexity index is 1230. The highest BCUT2D eigenvalue weighted by Gasteiger charge is 2.17. The van der Waals surface area contributed by atoms with Gasteiger partial charge in [0, 0.05) is 30.4 Å². The Morgan fingerprint density at radius 1 is 1.09 bits per heavy atom. The van der Waals surface area contributed by atoms with Gasteiger partial charge >= 0.3 is 0 Å². The van der Waals surface area contributed by atoms with E-state index in [4.69, 9.17) is 15.2 Å². The van der Waals surface area contributed by atoms with E-state index >= 15 is 0 Å². The van der Waals surface area contributed by atoms with Gasteiger partial charge in [0.1, 0.15) is 0 Å². The van der Waals surface area contributed by atoms with Crippen molar-refractivity contribution in [1.82, 2.24) is 20.3 Å². The van der Waals surface area contributed by atoms with Gasteiger partial charge in [0.15, 0.2) is 11.5 Å². The first kappa shape index (κ1) is 22.7. The van der Waals surface area contributed by atoms with Crippen molar-refractivity contribution in [2.75, 3.05) is 42.4 Å². The fraction of sp³-hybridized carbons (Fsp3) is 0.333. The van der Waals surface area contributed by atoms with Crippen LogP contribution in [-0.4, -0.2) is 53.3 Å². The molecule has 1 amide bonds. The molecule has 182 valence electrons. The third-order valence-corrected chi connectivity index (χ3v) is 5.93. The van der Waals surface area contributed by atoms with E-state index in [-0.39, 0.29) is 12.8 Å². The quantitative estimate of drug-likeness (QED) is 0.311. The van der Waals surface area contributed by atoms with Gasteiger partial charge < -0.3 is 36.5 Å². The average molecular weight is 477 g/mol. The lowest BCUT2D eigenvalue weighted by Gasteiger charge is -2.15. The third-order valence-electron chi connectivity index (χ3n) is 5.93. The molecule has 0 aliphatic carbocycles. The molecule has 0 radical (unpaired) electrons. The van der Waals surface area contributed by atoms with E-state index < -0.39 is 5.91 Å². The van der Waals surface area contributed by atoms with Crippen LogP contribution >= 0.6 is 0 Å². The molecule has 2 aromatic carbocycles. The number of amides is 1. The summed E-state index contributed by atoms with van der Waals surface area (Å²) in [5, 5.41) is 13.2. The normalized spacial score (nSPS) is 16.2. The predicted molar refractivity (Wildman–Crippen MR) is 132 cm³/mol. The number of primary amides is 1. The standard InChI is InChI=1S/C24H28N8O3/c1-14-2-4-16(21(25)33)11-18(14)29-24-31-22(30-23(32-24)28-17-7-8-26-12-17)27-9-6-15-3-5-19-20(10-15)35-13-34-19/h2-5,10-11,17,26H,6-9,12-13H2,1H3,(H2,25,33)(H3,27,28,29,30,31,32)/t17-/m0/s1. The zero-order valence-corrected chi connectivity index (χ0v) is 19.4. The highest BCUT2D eigenvalue weighted by atomic mass is 16.7. The number of fused-ring (bicyclic) bond motifs is 1. The minimum Gasteiger partial charge on any atom is -0.454 e. The van der Waals surface area contributed by atoms with E-state index in [2.05, 4.69) is 36.2 Å². The Labute approximate surface area is 202 Å². The van der Waals surface area contributed by atoms with E-state index in [9.17, 15) is 4.79 Å². The highest BCUT2D eigenvalue weighted by Crippen LogP contribution is 2.32. The zero-order valence-electron chi connectivity index (χ0n) is 19.4. The predicted octanol–water partition coefficient (Wildman–Crippen LogP) is 2.18. The number of anilines is 4. The van der Waals surface area contributed by atoms with Crippen molar-refractivity contribution in [2.45, 2.75) is 25.8 Å². The fourth-order valence-electron chi connectivity index (χ4n) is 3.98. The summed E-state index contributed by atoms with van der Waals surface area (Å²) in [5.74, 6) is 2.32. The van der Waals surface area contributed by atoms with Gasteiger partial charge in [0.25, 0.3) is 0 Å². The molecule has 11 heteroatoms. The summed E-state index contributed by atoms with van der Waals surface area (Å²) in [4.78, 5) is 25.3. The number of carbonyl (C=O) groups is 1. The minimum absolute atomic E-state index is 0.242. The number of benzene rings is 2. The molecule has 3 heterocycles. The molecule has 5 rings (SSSR count). The van der Waals surface area contributed by atoms with Crippen LogP contribution in [-0.2, 0) is 6.42 Å². The van der Waals surface area contributed by atoms with Crippen LogP contribution in [0.4, 0.5) is 23.5 Å². The van der Waals surface area contributed by atoms with Gasteiger partial charge in [0.2, 0.25) is 30.5 Å². The summed E-state index contributed by atoms with van der Waals surface area (Å²) in [7, 11) is 0. The maximum atomic E-state index is 11.6. The van der Waals surface area contributed by atoms with Crippen LogP contribution in [0.25, 0.3) is 0 Å². The minimum atomic E-state index is -0.495. The second kappa shape index (κ2) is 10.0. The lowest BCUT2D eigenvalue weighted by molar-refractivity contribution is 0.100. The Morgan fingerprint density at radius 2 is 1.91 bits per heavy atom. The molecular weight excluding hydrogens is 448 g/mol. The molecule has 2 aliphatic heterocycles. The monoisotopic (exact) mass is 476 g/mol. The highest BCUT2D eigenvalue weighted by molar-refractivity contribution is 5.94. The van der Waals surface area contributed by atoms with Crippen molar-refractivity contribution < 1.29 is 14.3 Å². The first-order valence-electron chi connectivity index (χ1n) is 11.6. The first-order valence-corrected chi connectivity index (χ1v) is 11.6. The van der Waals surface area contributed by atoms with E-state index in [1.54, 1.807) is 12.1 Å². The molecule has 0 saturated carbocycles. The zero-order chi connectivity index (χ0) is 24.2. The van der Waals surface area contributed by atoms with Gasteiger partial charge in [0.05, 0.1) is 0 Å². The van der Waals surface area contributed by atoms with Gasteiger partial charge in [-0.3, -0.25) is 4.79 Å². The molecule has 35 heavy (non-hydrogen) atoms. The molecule has 0 bridgehead atoms. The SMILES string of the molecule is Cc1ccc(C(N)=O)cc1Nc1nc(NCCc2ccc3c(c2)OCO3)nc(N[C@H]2CCNC2)n1. The summed E-state index contributed by atoms with van der Waals surface area (Å²) in [5.41, 5.74) is 8.60. The molecule has 2 aliphatic rings. The van der Waals surface area contributed by atoms with Gasteiger partial charge in [-0.2, -0.15) is 15.0 Å². The summed E-state index contributed by atoms with van der Waals surface area (Å²) in [6.45, 7) is 4.60. The van der Waals surface area contributed by atoms with E-state index in [1.165, 1.54) is 0 Å². The Morgan fingerprint density at radius 3 is 2.74 bits per heavy atom. The number of hydrogen-bond acceptors (Lipinski definition) is 10. The van der Waals surface area contributed by atoms with Crippen molar-refractivity contribution in [3.8, 4) is 11.5 Å². The van der Waals surface area contributed by atoms with Crippen LogP contribution in [0.5, 0.6) is 11.5 Å². The summed E-state index contributed by atoms with van der Waals surface area (Å²) < 4.78 is 10.8. The van der Waals surface area contributed by atoms with Crippen LogP contribution in [0.2, 0.25) is 0 Å². The smallest absolute Gasteiger partial charge is 0.248 e. The third kappa shape index (κ3) is 5.52. The number of nitrogens with two attached hydrogens (primary N) is 1. The first-order chi connectivity index (χ1) is 17.0. The number of nitrogens with zero attached hydrogens (tertiary/aromatic N) is 3. The van der Waals surface area contributed by atoms with Gasteiger partial charge in [-0.05, 0) is 61.7 Å². The molecule has 3 aromatic rings. The van der Waals surface area contributed by atoms with Gasteiger partial charge in [-0.15, -0.1) is 0 Å². The molecule has 1 saturated heterocycles. The number of hydrogen-bond donors (Lipinski definition) is 5. The molecule has 11 nitrogen and oxygen atoms in total. The number of ether oxygens (including phenoxy) is 2. The van der Waals surface area contributed by atoms with Crippen molar-refractivity contribution in [3.63, 3.8) is 0 Å². The number of rotatable bonds is 9. The summed E-state index contributed by atoms with van der Waals surface area (Å²) in [6, 6.07) is 11.4. The van der Waals surface area contributed by atoms with Crippen LogP contribution < -0.4 is 36.5 Å². The lowest BCUT2D eigenvalue weighted by atomic mass is 10.1. The average Bonchev–Trinajstić information content (AvgIpc) is 3.52. The fourth-order valence-corrected chi connectivity index (χ4v) is 3.98. The molecule has 1 atom stereocenters. The number of aromatic nitrogens is 3. The van der Waals surface area contributed by atoms with Crippen molar-refractivity contribution >= 4 is 29.4 Å². The molecule has 0 spiro atoms. The van der Waals surface area contributed by atoms with Crippen LogP contribution in [0.1, 0.15) is 27.9 Å². The number of aryl methyl sites for hydroxylation is 1. The second-order valence-corrected chi connectivity index (χ2v) is 8.52. The van der Waals surface area contributed by atoms with Crippen LogP contribution in [0.15, 0.2) is 36.4 Å². The second-order valence-electron chi connectivity index (χ2n) is 8.52. The maximum absolute atomic E-state index is 11.6. The molecule has 6 N–H and O–H groups in total. The van der Waals surface area contributed by atoms with Crippen molar-refractivity contribution in [1.29, 1.82) is 0 Å². The van der Waals surface area contributed by atoms with Crippen LogP contribution in [0, 0.1) is 6.92 Å². The van der Waals surface area contributed by atoms with E-state index in [1.807, 2.05) is 31.2 Å². The maximum Gasteiger partial charge on any atom is 0.248 e. The van der Waals surface area contributed by atoms with E-state index in [0.29, 0.717) is 35.6 Å². The molecular formula is C24H28N8O3. The Kier molecular flexibility index (Phi) is 6.49. The Hall–Kier alpha value is -4.12. The number of carbonyl (C=O) groups excluding carboxylic acids is 1. The number of nitrogens with one attached hydrogen (secondary N) is 4. The largest absolute Gasteiger partial charge is 0.454 e. The van der Waals surface area contributed by atoms with E-state index in [0.717, 1.165) is 48.6 Å². The van der Waals surface area contributed by atoms with Crippen LogP contribution in [0.3, 0.4) is 0 Å². The summed E-state index contributed by atoms with van der Waals surface area (Å²) >= 11 is 0. The Balaban J connectivity index is 1.33. The topological polar surface area (TPSA) is 148 Å². The summed E-state index contributed by atoms with van der Waals surface area (Å²) in [6.07, 6.45) is 1.74. The molecule has 1 aromatic heterocycles. The van der Waals surface area contributed by atoms with Gasteiger partial charge in [-0.25, -0.2) is 0 Å². The molecule has 0 unspecified atom stereocenters. The lowest BCUT2D eigenvalue weighted by Crippen LogP contribution is -2.24.